The lowest BCUT2D eigenvalue weighted by molar-refractivity contribution is 0.479. The zero-order chi connectivity index (χ0) is 18.1. The van der Waals surface area contributed by atoms with Crippen molar-refractivity contribution in [3.8, 4) is 0 Å². The van der Waals surface area contributed by atoms with E-state index in [9.17, 15) is 4.79 Å². The Morgan fingerprint density at radius 1 is 0.846 bits per heavy atom. The van der Waals surface area contributed by atoms with E-state index in [-0.39, 0.29) is 17.6 Å². The molecule has 3 aromatic carbocycles. The van der Waals surface area contributed by atoms with E-state index in [1.165, 1.54) is 16.3 Å². The monoisotopic (exact) mass is 343 g/mol. The van der Waals surface area contributed by atoms with Gasteiger partial charge in [0.25, 0.3) is 5.56 Å². The summed E-state index contributed by atoms with van der Waals surface area (Å²) >= 11 is 0. The largest absolute Gasteiger partial charge is 0.309 e. The van der Waals surface area contributed by atoms with Crippen molar-refractivity contribution in [2.75, 3.05) is 0 Å². The molecule has 130 valence electrons. The molecule has 0 aliphatic carbocycles. The van der Waals surface area contributed by atoms with Crippen LogP contribution in [0.25, 0.3) is 21.7 Å². The van der Waals surface area contributed by atoms with Crippen molar-refractivity contribution in [1.82, 2.24) is 15.3 Å². The average molecular weight is 343 g/mol. The fraction of sp³-hybridized carbons (Fsp3) is 0.182. The normalized spacial score (nSPS) is 13.8. The first-order chi connectivity index (χ1) is 12.6. The lowest BCUT2D eigenvalue weighted by atomic mass is 9.99. The van der Waals surface area contributed by atoms with Crippen LogP contribution in [-0.4, -0.2) is 9.97 Å². The van der Waals surface area contributed by atoms with Gasteiger partial charge in [0.15, 0.2) is 0 Å². The Kier molecular flexibility index (Phi) is 4.27. The Labute approximate surface area is 151 Å². The van der Waals surface area contributed by atoms with Gasteiger partial charge >= 0.3 is 0 Å². The van der Waals surface area contributed by atoms with E-state index >= 15 is 0 Å². The summed E-state index contributed by atoms with van der Waals surface area (Å²) in [4.78, 5) is 19.9. The number of rotatable bonds is 4. The number of nitrogens with one attached hydrogen (secondary N) is 2. The van der Waals surface area contributed by atoms with Crippen LogP contribution >= 0.6 is 0 Å². The summed E-state index contributed by atoms with van der Waals surface area (Å²) in [6, 6.07) is 22.2. The third-order valence-corrected chi connectivity index (χ3v) is 4.83. The minimum atomic E-state index is -0.0999. The zero-order valence-corrected chi connectivity index (χ0v) is 14.9. The van der Waals surface area contributed by atoms with Crippen LogP contribution in [0.2, 0.25) is 0 Å². The SMILES string of the molecule is C[C@H](N[C@@H](C)c1cccc2ccccc12)c1nc2ccccc2c(=O)[nH]1. The minimum Gasteiger partial charge on any atom is -0.309 e. The van der Waals surface area contributed by atoms with Gasteiger partial charge in [-0.2, -0.15) is 0 Å². The van der Waals surface area contributed by atoms with Gasteiger partial charge in [0.05, 0.1) is 16.9 Å². The van der Waals surface area contributed by atoms with E-state index in [0.29, 0.717) is 11.2 Å². The summed E-state index contributed by atoms with van der Waals surface area (Å²) in [5.74, 6) is 0.654. The maximum atomic E-state index is 12.3. The number of hydrogen-bond donors (Lipinski definition) is 2. The summed E-state index contributed by atoms with van der Waals surface area (Å²) in [6.45, 7) is 4.16. The van der Waals surface area contributed by atoms with Crippen LogP contribution in [0.5, 0.6) is 0 Å². The predicted molar refractivity (Wildman–Crippen MR) is 106 cm³/mol. The van der Waals surface area contributed by atoms with Crippen molar-refractivity contribution in [3.63, 3.8) is 0 Å². The van der Waals surface area contributed by atoms with E-state index in [0.717, 1.165) is 5.52 Å². The molecular formula is C22H21N3O. The average Bonchev–Trinajstić information content (AvgIpc) is 2.67. The second kappa shape index (κ2) is 6.73. The second-order valence-electron chi connectivity index (χ2n) is 6.65. The number of hydrogen-bond acceptors (Lipinski definition) is 3. The number of aromatic nitrogens is 2. The lowest BCUT2D eigenvalue weighted by Crippen LogP contribution is -2.26. The van der Waals surface area contributed by atoms with Crippen LogP contribution < -0.4 is 10.9 Å². The number of H-pyrrole nitrogens is 1. The Balaban J connectivity index is 1.65. The van der Waals surface area contributed by atoms with Crippen LogP contribution in [0.1, 0.15) is 37.3 Å². The van der Waals surface area contributed by atoms with Crippen molar-refractivity contribution in [2.24, 2.45) is 0 Å². The first-order valence-corrected chi connectivity index (χ1v) is 8.86. The van der Waals surface area contributed by atoms with Crippen LogP contribution in [0.3, 0.4) is 0 Å². The van der Waals surface area contributed by atoms with Crippen molar-refractivity contribution >= 4 is 21.7 Å². The highest BCUT2D eigenvalue weighted by Crippen LogP contribution is 2.25. The maximum absolute atomic E-state index is 12.3. The molecule has 1 aromatic heterocycles. The summed E-state index contributed by atoms with van der Waals surface area (Å²) < 4.78 is 0. The Bertz CT molecular complexity index is 1130. The van der Waals surface area contributed by atoms with Gasteiger partial charge in [0.1, 0.15) is 5.82 Å². The third-order valence-electron chi connectivity index (χ3n) is 4.83. The highest BCUT2D eigenvalue weighted by atomic mass is 16.1. The van der Waals surface area contributed by atoms with Crippen molar-refractivity contribution in [2.45, 2.75) is 25.9 Å². The molecule has 0 amide bonds. The van der Waals surface area contributed by atoms with Crippen LogP contribution in [0, 0.1) is 0 Å². The third kappa shape index (κ3) is 3.00. The Hall–Kier alpha value is -2.98. The molecule has 0 bridgehead atoms. The smallest absolute Gasteiger partial charge is 0.258 e. The number of para-hydroxylation sites is 1. The molecule has 4 aromatic rings. The fourth-order valence-electron chi connectivity index (χ4n) is 3.48. The van der Waals surface area contributed by atoms with Crippen molar-refractivity contribution < 1.29 is 0 Å². The van der Waals surface area contributed by atoms with Gasteiger partial charge in [-0.1, -0.05) is 54.6 Å². The van der Waals surface area contributed by atoms with Gasteiger partial charge in [-0.05, 0) is 42.3 Å². The van der Waals surface area contributed by atoms with Crippen LogP contribution in [0.4, 0.5) is 0 Å². The molecule has 4 rings (SSSR count). The molecule has 26 heavy (non-hydrogen) atoms. The van der Waals surface area contributed by atoms with E-state index in [1.807, 2.05) is 25.1 Å². The molecule has 0 unspecified atom stereocenters. The zero-order valence-electron chi connectivity index (χ0n) is 14.9. The molecule has 0 spiro atoms. The Morgan fingerprint density at radius 2 is 1.54 bits per heavy atom. The standard InChI is InChI=1S/C22H21N3O/c1-14(17-12-7-9-16-8-3-4-10-18(16)17)23-15(2)21-24-20-13-6-5-11-19(20)22(26)25-21/h3-15,23H,1-2H3,(H,24,25,26)/t14-,15-/m0/s1. The van der Waals surface area contributed by atoms with E-state index in [4.69, 9.17) is 0 Å². The van der Waals surface area contributed by atoms with Gasteiger partial charge in [-0.15, -0.1) is 0 Å². The molecule has 4 nitrogen and oxygen atoms in total. The summed E-state index contributed by atoms with van der Waals surface area (Å²) in [6.07, 6.45) is 0. The molecule has 2 atom stereocenters. The lowest BCUT2D eigenvalue weighted by Gasteiger charge is -2.21. The molecule has 0 fully saturated rings. The molecular weight excluding hydrogens is 322 g/mol. The molecule has 2 N–H and O–H groups in total. The van der Waals surface area contributed by atoms with Gasteiger partial charge in [-0.25, -0.2) is 4.98 Å². The van der Waals surface area contributed by atoms with E-state index < -0.39 is 0 Å². The highest BCUT2D eigenvalue weighted by Gasteiger charge is 2.16. The van der Waals surface area contributed by atoms with Gasteiger partial charge < -0.3 is 10.3 Å². The molecule has 0 saturated carbocycles. The highest BCUT2D eigenvalue weighted by molar-refractivity contribution is 5.86. The first kappa shape index (κ1) is 16.5. The van der Waals surface area contributed by atoms with E-state index in [1.54, 1.807) is 6.07 Å². The second-order valence-corrected chi connectivity index (χ2v) is 6.65. The minimum absolute atomic E-state index is 0.0822. The van der Waals surface area contributed by atoms with E-state index in [2.05, 4.69) is 64.7 Å². The van der Waals surface area contributed by atoms with Gasteiger partial charge in [0, 0.05) is 6.04 Å². The number of nitrogens with zero attached hydrogens (tertiary/aromatic N) is 1. The quantitative estimate of drug-likeness (QED) is 0.574. The van der Waals surface area contributed by atoms with Gasteiger partial charge in [-0.3, -0.25) is 4.79 Å². The summed E-state index contributed by atoms with van der Waals surface area (Å²) in [5.41, 5.74) is 1.85. The molecule has 0 aliphatic rings. The molecule has 4 heteroatoms. The number of benzene rings is 3. The summed E-state index contributed by atoms with van der Waals surface area (Å²) in [7, 11) is 0. The molecule has 0 saturated heterocycles. The molecule has 0 aliphatic heterocycles. The Morgan fingerprint density at radius 3 is 2.38 bits per heavy atom. The maximum Gasteiger partial charge on any atom is 0.258 e. The van der Waals surface area contributed by atoms with Gasteiger partial charge in [0.2, 0.25) is 0 Å². The first-order valence-electron chi connectivity index (χ1n) is 8.86. The fourth-order valence-corrected chi connectivity index (χ4v) is 3.48. The topological polar surface area (TPSA) is 57.8 Å². The number of fused-ring (bicyclic) bond motifs is 2. The summed E-state index contributed by atoms with van der Waals surface area (Å²) in [5, 5.41) is 6.64. The van der Waals surface area contributed by atoms with Crippen LogP contribution in [-0.2, 0) is 0 Å². The molecule has 0 radical (unpaired) electrons. The van der Waals surface area contributed by atoms with Crippen molar-refractivity contribution in [3.05, 3.63) is 88.5 Å². The number of aromatic amines is 1. The van der Waals surface area contributed by atoms with Crippen molar-refractivity contribution in [1.29, 1.82) is 0 Å². The predicted octanol–water partition coefficient (Wildman–Crippen LogP) is 4.49. The van der Waals surface area contributed by atoms with Crippen LogP contribution in [0.15, 0.2) is 71.5 Å². The molecule has 1 heterocycles.